The van der Waals surface area contributed by atoms with E-state index in [2.05, 4.69) is 73.6 Å². The van der Waals surface area contributed by atoms with Crippen LogP contribution in [0.3, 0.4) is 0 Å². The van der Waals surface area contributed by atoms with Crippen LogP contribution in [0.2, 0.25) is 0 Å². The third kappa shape index (κ3) is 6.34. The van der Waals surface area contributed by atoms with Gasteiger partial charge in [0.1, 0.15) is 5.82 Å². The Labute approximate surface area is 188 Å². The van der Waals surface area contributed by atoms with Crippen LogP contribution in [0.4, 0.5) is 0 Å². The molecule has 0 unspecified atom stereocenters. The highest BCUT2D eigenvalue weighted by molar-refractivity contribution is 14.0. The van der Waals surface area contributed by atoms with Gasteiger partial charge in [-0.05, 0) is 35.9 Å². The highest BCUT2D eigenvalue weighted by Crippen LogP contribution is 2.10. The summed E-state index contributed by atoms with van der Waals surface area (Å²) in [5.41, 5.74) is 2.52. The minimum atomic E-state index is 0. The highest BCUT2D eigenvalue weighted by Gasteiger charge is 2.07. The molecule has 1 aromatic carbocycles. The van der Waals surface area contributed by atoms with Gasteiger partial charge in [0.25, 0.3) is 0 Å². The fourth-order valence-electron chi connectivity index (χ4n) is 3.01. The molecule has 28 heavy (non-hydrogen) atoms. The van der Waals surface area contributed by atoms with Crippen LogP contribution in [-0.4, -0.2) is 41.1 Å². The molecule has 0 aliphatic heterocycles. The van der Waals surface area contributed by atoms with Crippen LogP contribution in [0.15, 0.2) is 59.2 Å². The lowest BCUT2D eigenvalue weighted by Gasteiger charge is -2.22. The summed E-state index contributed by atoms with van der Waals surface area (Å²) in [6.07, 6.45) is 4.90. The molecule has 3 aromatic rings. The van der Waals surface area contributed by atoms with Crippen LogP contribution >= 0.6 is 35.3 Å². The summed E-state index contributed by atoms with van der Waals surface area (Å²) < 4.78 is 2.16. The van der Waals surface area contributed by atoms with Crippen molar-refractivity contribution in [1.82, 2.24) is 19.8 Å². The average Bonchev–Trinajstić information content (AvgIpc) is 3.33. The van der Waals surface area contributed by atoms with Crippen molar-refractivity contribution in [2.24, 2.45) is 4.99 Å². The molecule has 1 N–H and O–H groups in total. The van der Waals surface area contributed by atoms with Crippen LogP contribution in [0.5, 0.6) is 0 Å². The maximum Gasteiger partial charge on any atom is 0.193 e. The molecule has 0 fully saturated rings. The number of likely N-dealkylation sites (N-methyl/N-ethyl adjacent to an activating group) is 1. The number of benzene rings is 1. The van der Waals surface area contributed by atoms with Crippen molar-refractivity contribution in [1.29, 1.82) is 0 Å². The number of guanidine groups is 1. The lowest BCUT2D eigenvalue weighted by atomic mass is 10.1. The first-order valence-corrected chi connectivity index (χ1v) is 10.0. The smallest absolute Gasteiger partial charge is 0.193 e. The van der Waals surface area contributed by atoms with Gasteiger partial charge in [-0.3, -0.25) is 4.99 Å². The molecule has 0 bridgehead atoms. The average molecular weight is 509 g/mol. The summed E-state index contributed by atoms with van der Waals surface area (Å²) in [7, 11) is 3.92. The van der Waals surface area contributed by atoms with Gasteiger partial charge < -0.3 is 14.8 Å². The summed E-state index contributed by atoms with van der Waals surface area (Å²) in [4.78, 5) is 12.3. The minimum absolute atomic E-state index is 0. The van der Waals surface area contributed by atoms with Crippen molar-refractivity contribution in [3.63, 3.8) is 0 Å². The maximum absolute atomic E-state index is 4.42. The Bertz CT molecular complexity index is 873. The maximum atomic E-state index is 4.42. The lowest BCUT2D eigenvalue weighted by molar-refractivity contribution is 0.486. The summed E-state index contributed by atoms with van der Waals surface area (Å²) in [6, 6.07) is 12.9. The second-order valence-electron chi connectivity index (χ2n) is 6.57. The van der Waals surface area contributed by atoms with Crippen molar-refractivity contribution in [3.8, 4) is 0 Å². The molecule has 7 heteroatoms. The molecule has 0 amide bonds. The fraction of sp³-hybridized carbons (Fsp3) is 0.333. The van der Waals surface area contributed by atoms with Crippen molar-refractivity contribution in [2.75, 3.05) is 20.6 Å². The number of imidazole rings is 1. The summed E-state index contributed by atoms with van der Waals surface area (Å²) in [5, 5.41) is 5.60. The van der Waals surface area contributed by atoms with Crippen LogP contribution in [0, 0.1) is 6.92 Å². The van der Waals surface area contributed by atoms with E-state index in [1.165, 1.54) is 16.0 Å². The van der Waals surface area contributed by atoms with Gasteiger partial charge in [0.2, 0.25) is 0 Å². The van der Waals surface area contributed by atoms with Crippen molar-refractivity contribution >= 4 is 41.3 Å². The lowest BCUT2D eigenvalue weighted by Crippen LogP contribution is -2.39. The number of hydrogen-bond acceptors (Lipinski definition) is 3. The molecule has 2 heterocycles. The van der Waals surface area contributed by atoms with E-state index < -0.39 is 0 Å². The summed E-state index contributed by atoms with van der Waals surface area (Å²) in [5.74, 6) is 1.95. The quantitative estimate of drug-likeness (QED) is 0.296. The van der Waals surface area contributed by atoms with Crippen molar-refractivity contribution in [3.05, 3.63) is 76.0 Å². The summed E-state index contributed by atoms with van der Waals surface area (Å²) in [6.45, 7) is 4.57. The van der Waals surface area contributed by atoms with E-state index >= 15 is 0 Å². The van der Waals surface area contributed by atoms with Crippen LogP contribution in [-0.2, 0) is 19.5 Å². The molecule has 5 nitrogen and oxygen atoms in total. The van der Waals surface area contributed by atoms with Gasteiger partial charge >= 0.3 is 0 Å². The number of aryl methyl sites for hydroxylation is 1. The molecule has 0 atom stereocenters. The molecule has 0 saturated heterocycles. The Morgan fingerprint density at radius 3 is 2.75 bits per heavy atom. The van der Waals surface area contributed by atoms with Crippen LogP contribution < -0.4 is 5.32 Å². The molecule has 3 rings (SSSR count). The zero-order chi connectivity index (χ0) is 19.1. The second-order valence-corrected chi connectivity index (χ2v) is 7.61. The van der Waals surface area contributed by atoms with Gasteiger partial charge in [-0.15, -0.1) is 35.3 Å². The Hall–Kier alpha value is -1.87. The van der Waals surface area contributed by atoms with E-state index in [9.17, 15) is 0 Å². The monoisotopic (exact) mass is 509 g/mol. The van der Waals surface area contributed by atoms with Crippen LogP contribution in [0.25, 0.3) is 0 Å². The first-order chi connectivity index (χ1) is 13.2. The fourth-order valence-corrected chi connectivity index (χ4v) is 3.71. The number of nitrogens with one attached hydrogen (secondary N) is 1. The number of aromatic nitrogens is 2. The molecular weight excluding hydrogens is 481 g/mol. The molecule has 150 valence electrons. The molecule has 0 saturated carbocycles. The van der Waals surface area contributed by atoms with E-state index in [-0.39, 0.29) is 24.0 Å². The normalized spacial score (nSPS) is 11.2. The number of rotatable bonds is 7. The Morgan fingerprint density at radius 2 is 2.07 bits per heavy atom. The van der Waals surface area contributed by atoms with Gasteiger partial charge in [-0.25, -0.2) is 4.98 Å². The van der Waals surface area contributed by atoms with E-state index in [0.29, 0.717) is 0 Å². The number of hydrogen-bond donors (Lipinski definition) is 1. The van der Waals surface area contributed by atoms with Gasteiger partial charge in [0.05, 0.1) is 0 Å². The third-order valence-electron chi connectivity index (χ3n) is 4.57. The Kier molecular flexibility index (Phi) is 8.98. The van der Waals surface area contributed by atoms with E-state index in [1.807, 2.05) is 26.4 Å². The largest absolute Gasteiger partial charge is 0.352 e. The van der Waals surface area contributed by atoms with E-state index in [4.69, 9.17) is 0 Å². The predicted octanol–water partition coefficient (Wildman–Crippen LogP) is 4.17. The number of thiophene rings is 1. The SMILES string of the molecule is CN=C(NCc1cccc(Cn2ccnc2C)c1)N(C)CCc1cccs1.I. The first kappa shape index (κ1) is 22.4. The number of halogens is 1. The predicted molar refractivity (Wildman–Crippen MR) is 129 cm³/mol. The Morgan fingerprint density at radius 1 is 1.25 bits per heavy atom. The van der Waals surface area contributed by atoms with Gasteiger partial charge in [-0.2, -0.15) is 0 Å². The molecule has 0 aliphatic carbocycles. The molecule has 0 spiro atoms. The van der Waals surface area contributed by atoms with Crippen LogP contribution in [0.1, 0.15) is 21.8 Å². The second kappa shape index (κ2) is 11.2. The first-order valence-electron chi connectivity index (χ1n) is 9.15. The zero-order valence-corrected chi connectivity index (χ0v) is 19.8. The zero-order valence-electron chi connectivity index (χ0n) is 16.6. The Balaban J connectivity index is 0.00000280. The van der Waals surface area contributed by atoms with Gasteiger partial charge in [0.15, 0.2) is 5.96 Å². The van der Waals surface area contributed by atoms with E-state index in [1.54, 1.807) is 11.3 Å². The highest BCUT2D eigenvalue weighted by atomic mass is 127. The van der Waals surface area contributed by atoms with E-state index in [0.717, 1.165) is 37.8 Å². The molecule has 0 radical (unpaired) electrons. The standard InChI is InChI=1S/C21H27N5S.HI/c1-17-23-10-12-26(17)16-19-7-4-6-18(14-19)15-24-21(22-2)25(3)11-9-20-8-5-13-27-20;/h4-8,10,12-14H,9,11,15-16H2,1-3H3,(H,22,24);1H. The minimum Gasteiger partial charge on any atom is -0.352 e. The van der Waals surface area contributed by atoms with Gasteiger partial charge in [-0.1, -0.05) is 30.3 Å². The van der Waals surface area contributed by atoms with Crippen molar-refractivity contribution in [2.45, 2.75) is 26.4 Å². The topological polar surface area (TPSA) is 45.5 Å². The molecule has 0 aliphatic rings. The van der Waals surface area contributed by atoms with Gasteiger partial charge in [0, 0.05) is 51.0 Å². The van der Waals surface area contributed by atoms with Crippen molar-refractivity contribution < 1.29 is 0 Å². The summed E-state index contributed by atoms with van der Waals surface area (Å²) >= 11 is 1.80. The third-order valence-corrected chi connectivity index (χ3v) is 5.50. The number of aliphatic imine (C=N–C) groups is 1. The molecular formula is C21H28IN5S. The number of nitrogens with zero attached hydrogens (tertiary/aromatic N) is 4. The molecule has 2 aromatic heterocycles.